The topological polar surface area (TPSA) is 60.5 Å². The van der Waals surface area contributed by atoms with E-state index in [0.29, 0.717) is 12.5 Å². The molecule has 0 N–H and O–H groups in total. The third-order valence-corrected chi connectivity index (χ3v) is 5.21. The molecule has 1 amide bonds. The first-order valence-electron chi connectivity index (χ1n) is 9.13. The molecule has 4 rings (SSSR count). The molecule has 0 spiro atoms. The molecule has 2 aromatic rings. The number of carbonyl (C=O) groups excluding carboxylic acids is 1. The Morgan fingerprint density at radius 1 is 1.36 bits per heavy atom. The van der Waals surface area contributed by atoms with Crippen LogP contribution < -0.4 is 0 Å². The third-order valence-electron chi connectivity index (χ3n) is 5.21. The molecule has 2 aliphatic heterocycles. The zero-order valence-electron chi connectivity index (χ0n) is 15.1. The Balaban J connectivity index is 1.51. The van der Waals surface area contributed by atoms with Gasteiger partial charge in [0.15, 0.2) is 0 Å². The van der Waals surface area contributed by atoms with Crippen molar-refractivity contribution in [3.8, 4) is 0 Å². The molecular formula is C19H25N3O3. The minimum Gasteiger partial charge on any atom is -0.469 e. The Kier molecular flexibility index (Phi) is 4.15. The Hall–Kier alpha value is -2.08. The fourth-order valence-electron chi connectivity index (χ4n) is 3.99. The molecule has 6 nitrogen and oxygen atoms in total. The van der Waals surface area contributed by atoms with Gasteiger partial charge in [0.05, 0.1) is 24.2 Å². The van der Waals surface area contributed by atoms with Gasteiger partial charge < -0.3 is 14.1 Å². The molecule has 0 radical (unpaired) electrons. The van der Waals surface area contributed by atoms with Crippen LogP contribution in [0.25, 0.3) is 0 Å². The zero-order chi connectivity index (χ0) is 17.6. The summed E-state index contributed by atoms with van der Waals surface area (Å²) >= 11 is 0. The van der Waals surface area contributed by atoms with Crippen LogP contribution in [0.3, 0.4) is 0 Å². The second-order valence-electron chi connectivity index (χ2n) is 7.18. The van der Waals surface area contributed by atoms with Crippen LogP contribution in [0.1, 0.15) is 54.4 Å². The lowest BCUT2D eigenvalue weighted by Crippen LogP contribution is -2.51. The molecule has 2 aliphatic rings. The Morgan fingerprint density at radius 2 is 2.16 bits per heavy atom. The molecule has 6 heteroatoms. The van der Waals surface area contributed by atoms with Gasteiger partial charge in [0.1, 0.15) is 11.5 Å². The predicted octanol–water partition coefficient (Wildman–Crippen LogP) is 2.83. The molecule has 134 valence electrons. The summed E-state index contributed by atoms with van der Waals surface area (Å²) in [5.41, 5.74) is 2.76. The van der Waals surface area contributed by atoms with Crippen molar-refractivity contribution in [1.82, 2.24) is 14.7 Å². The lowest BCUT2D eigenvalue weighted by molar-refractivity contribution is -0.00723. The van der Waals surface area contributed by atoms with Crippen molar-refractivity contribution in [3.05, 3.63) is 41.1 Å². The van der Waals surface area contributed by atoms with Crippen molar-refractivity contribution in [2.24, 2.45) is 5.92 Å². The van der Waals surface area contributed by atoms with E-state index >= 15 is 0 Å². The van der Waals surface area contributed by atoms with Gasteiger partial charge in [0.2, 0.25) is 0 Å². The molecule has 0 unspecified atom stereocenters. The number of likely N-dealkylation sites (tertiary alicyclic amines) is 1. The van der Waals surface area contributed by atoms with Gasteiger partial charge >= 0.3 is 0 Å². The van der Waals surface area contributed by atoms with E-state index in [2.05, 4.69) is 12.0 Å². The van der Waals surface area contributed by atoms with E-state index in [1.807, 2.05) is 35.6 Å². The second kappa shape index (κ2) is 6.33. The third kappa shape index (κ3) is 2.88. The maximum absolute atomic E-state index is 13.1. The van der Waals surface area contributed by atoms with Crippen molar-refractivity contribution in [1.29, 1.82) is 0 Å². The number of carbonyl (C=O) groups is 1. The minimum absolute atomic E-state index is 0.0545. The maximum Gasteiger partial charge on any atom is 0.272 e. The lowest BCUT2D eigenvalue weighted by Gasteiger charge is -2.39. The molecule has 0 aromatic carbocycles. The predicted molar refractivity (Wildman–Crippen MR) is 92.4 cm³/mol. The van der Waals surface area contributed by atoms with Gasteiger partial charge in [-0.15, -0.1) is 0 Å². The minimum atomic E-state index is -0.0545. The lowest BCUT2D eigenvalue weighted by atomic mass is 9.93. The Labute approximate surface area is 147 Å². The van der Waals surface area contributed by atoms with Gasteiger partial charge in [-0.05, 0) is 32.9 Å². The van der Waals surface area contributed by atoms with E-state index in [9.17, 15) is 4.79 Å². The van der Waals surface area contributed by atoms with Crippen molar-refractivity contribution in [2.45, 2.75) is 52.4 Å². The van der Waals surface area contributed by atoms with Crippen molar-refractivity contribution in [3.63, 3.8) is 0 Å². The van der Waals surface area contributed by atoms with E-state index in [1.165, 1.54) is 0 Å². The first-order valence-corrected chi connectivity index (χ1v) is 9.13. The molecule has 2 atom stereocenters. The van der Waals surface area contributed by atoms with Crippen LogP contribution in [-0.2, 0) is 24.1 Å². The number of rotatable bonds is 4. The smallest absolute Gasteiger partial charge is 0.272 e. The molecule has 4 heterocycles. The van der Waals surface area contributed by atoms with Crippen LogP contribution in [0.15, 0.2) is 22.8 Å². The van der Waals surface area contributed by atoms with Crippen LogP contribution >= 0.6 is 0 Å². The Morgan fingerprint density at radius 3 is 2.84 bits per heavy atom. The molecule has 0 bridgehead atoms. The highest BCUT2D eigenvalue weighted by Gasteiger charge is 2.37. The fraction of sp³-hybridized carbons (Fsp3) is 0.579. The van der Waals surface area contributed by atoms with Gasteiger partial charge in [-0.2, -0.15) is 5.10 Å². The largest absolute Gasteiger partial charge is 0.469 e. The second-order valence-corrected chi connectivity index (χ2v) is 7.18. The van der Waals surface area contributed by atoms with E-state index in [0.717, 1.165) is 48.6 Å². The molecule has 25 heavy (non-hydrogen) atoms. The monoisotopic (exact) mass is 343 g/mol. The number of aromatic nitrogens is 2. The highest BCUT2D eigenvalue weighted by atomic mass is 16.5. The number of hydrogen-bond acceptors (Lipinski definition) is 4. The highest BCUT2D eigenvalue weighted by molar-refractivity contribution is 5.95. The van der Waals surface area contributed by atoms with Crippen molar-refractivity contribution in [2.75, 3.05) is 13.1 Å². The van der Waals surface area contributed by atoms with Gasteiger partial charge in [0.25, 0.3) is 5.91 Å². The van der Waals surface area contributed by atoms with E-state index in [-0.39, 0.29) is 18.1 Å². The van der Waals surface area contributed by atoms with Gasteiger partial charge in [0, 0.05) is 44.0 Å². The summed E-state index contributed by atoms with van der Waals surface area (Å²) in [5, 5.41) is 4.66. The number of hydrogen-bond donors (Lipinski definition) is 0. The maximum atomic E-state index is 13.1. The summed E-state index contributed by atoms with van der Waals surface area (Å²) in [7, 11) is 0. The van der Waals surface area contributed by atoms with Gasteiger partial charge in [-0.25, -0.2) is 0 Å². The standard InChI is InChI=1S/C19H25N3O3/c1-4-22-18(16-8-12(2)25-13(3)17(16)20-22)19(23)21-10-14(11-21)9-15-6-5-7-24-15/h5-7,12-14H,4,8-11H2,1-3H3/t12-,13+/m0/s1. The van der Waals surface area contributed by atoms with Crippen LogP contribution in [0.2, 0.25) is 0 Å². The van der Waals surface area contributed by atoms with E-state index < -0.39 is 0 Å². The number of nitrogens with zero attached hydrogens (tertiary/aromatic N) is 3. The normalized spacial score (nSPS) is 23.4. The van der Waals surface area contributed by atoms with Crippen LogP contribution in [0, 0.1) is 5.92 Å². The summed E-state index contributed by atoms with van der Waals surface area (Å²) in [5.74, 6) is 1.57. The Bertz CT molecular complexity index is 759. The van der Waals surface area contributed by atoms with Crippen LogP contribution in [0.5, 0.6) is 0 Å². The molecule has 1 fully saturated rings. The fourth-order valence-corrected chi connectivity index (χ4v) is 3.99. The molecule has 2 aromatic heterocycles. The van der Waals surface area contributed by atoms with E-state index in [4.69, 9.17) is 9.15 Å². The summed E-state index contributed by atoms with van der Waals surface area (Å²) in [6, 6.07) is 3.91. The average molecular weight is 343 g/mol. The van der Waals surface area contributed by atoms with Gasteiger partial charge in [-0.1, -0.05) is 0 Å². The number of aryl methyl sites for hydroxylation is 1. The number of amides is 1. The highest BCUT2D eigenvalue weighted by Crippen LogP contribution is 2.33. The van der Waals surface area contributed by atoms with E-state index in [1.54, 1.807) is 6.26 Å². The van der Waals surface area contributed by atoms with Crippen molar-refractivity contribution < 1.29 is 13.9 Å². The van der Waals surface area contributed by atoms with Gasteiger partial charge in [-0.3, -0.25) is 9.48 Å². The molecule has 0 aliphatic carbocycles. The first kappa shape index (κ1) is 16.4. The number of ether oxygens (including phenoxy) is 1. The molecule has 0 saturated carbocycles. The van der Waals surface area contributed by atoms with Crippen molar-refractivity contribution >= 4 is 5.91 Å². The average Bonchev–Trinajstić information content (AvgIpc) is 3.16. The van der Waals surface area contributed by atoms with Crippen LogP contribution in [-0.4, -0.2) is 39.8 Å². The SMILES string of the molecule is CCn1nc2c(c1C(=O)N1CC(Cc3ccco3)C1)C[C@H](C)O[C@@H]2C. The number of furan rings is 1. The molecular weight excluding hydrogens is 318 g/mol. The first-order chi connectivity index (χ1) is 12.1. The zero-order valence-corrected chi connectivity index (χ0v) is 15.1. The molecule has 1 saturated heterocycles. The summed E-state index contributed by atoms with van der Waals surface area (Å²) < 4.78 is 13.1. The quantitative estimate of drug-likeness (QED) is 0.856. The van der Waals surface area contributed by atoms with Crippen LogP contribution in [0.4, 0.5) is 0 Å². The summed E-state index contributed by atoms with van der Waals surface area (Å²) in [6.07, 6.45) is 3.41. The summed E-state index contributed by atoms with van der Waals surface area (Å²) in [4.78, 5) is 15.0. The number of fused-ring (bicyclic) bond motifs is 1. The summed E-state index contributed by atoms with van der Waals surface area (Å²) in [6.45, 7) is 8.35.